The number of nitrogens with zero attached hydrogens (tertiary/aromatic N) is 2. The molecule has 1 saturated heterocycles. The summed E-state index contributed by atoms with van der Waals surface area (Å²) in [4.78, 5) is 2.37. The van der Waals surface area contributed by atoms with Gasteiger partial charge in [-0.3, -0.25) is 4.90 Å². The van der Waals surface area contributed by atoms with Crippen LogP contribution in [0.25, 0.3) is 0 Å². The predicted octanol–water partition coefficient (Wildman–Crippen LogP) is 1.13. The monoisotopic (exact) mass is 230 g/mol. The van der Waals surface area contributed by atoms with Crippen LogP contribution in [0.1, 0.15) is 18.0 Å². The third-order valence-corrected chi connectivity index (χ3v) is 3.19. The zero-order chi connectivity index (χ0) is 12.1. The SMILES string of the molecule is N#CCCN1CCNCC1c1ccc(N)cc1. The van der Waals surface area contributed by atoms with E-state index in [1.54, 1.807) is 0 Å². The molecule has 17 heavy (non-hydrogen) atoms. The number of nitrogens with two attached hydrogens (primary N) is 1. The molecule has 1 fully saturated rings. The Bertz CT molecular complexity index is 393. The molecule has 1 unspecified atom stereocenters. The number of nitriles is 1. The zero-order valence-corrected chi connectivity index (χ0v) is 9.89. The third kappa shape index (κ3) is 2.96. The Hall–Kier alpha value is -1.57. The molecule has 1 aliphatic heterocycles. The standard InChI is InChI=1S/C13H18N4/c14-6-1-8-17-9-7-16-10-13(17)11-2-4-12(15)5-3-11/h2-5,13,16H,1,7-10,15H2. The van der Waals surface area contributed by atoms with Crippen LogP contribution in [0.2, 0.25) is 0 Å². The summed E-state index contributed by atoms with van der Waals surface area (Å²) in [5.74, 6) is 0. The molecule has 90 valence electrons. The van der Waals surface area contributed by atoms with Crippen LogP contribution in [0.15, 0.2) is 24.3 Å². The Kier molecular flexibility index (Phi) is 3.97. The van der Waals surface area contributed by atoms with Crippen molar-refractivity contribution in [2.45, 2.75) is 12.5 Å². The molecule has 0 radical (unpaired) electrons. The summed E-state index contributed by atoms with van der Waals surface area (Å²) in [5.41, 5.74) is 7.76. The maximum Gasteiger partial charge on any atom is 0.0635 e. The summed E-state index contributed by atoms with van der Waals surface area (Å²) in [6.07, 6.45) is 0.589. The van der Waals surface area contributed by atoms with Gasteiger partial charge >= 0.3 is 0 Å². The number of anilines is 1. The zero-order valence-electron chi connectivity index (χ0n) is 9.89. The van der Waals surface area contributed by atoms with Crippen LogP contribution in [0, 0.1) is 11.3 Å². The normalized spacial score (nSPS) is 21.0. The molecule has 1 aromatic carbocycles. The van der Waals surface area contributed by atoms with E-state index >= 15 is 0 Å². The van der Waals surface area contributed by atoms with Crippen LogP contribution in [0.4, 0.5) is 5.69 Å². The lowest BCUT2D eigenvalue weighted by atomic mass is 10.0. The van der Waals surface area contributed by atoms with Gasteiger partial charge in [-0.05, 0) is 17.7 Å². The number of rotatable bonds is 3. The maximum atomic E-state index is 8.68. The molecule has 1 atom stereocenters. The Labute approximate surface area is 102 Å². The average molecular weight is 230 g/mol. The smallest absolute Gasteiger partial charge is 0.0635 e. The lowest BCUT2D eigenvalue weighted by Gasteiger charge is -2.36. The first-order valence-corrected chi connectivity index (χ1v) is 5.98. The first-order valence-electron chi connectivity index (χ1n) is 5.98. The highest BCUT2D eigenvalue weighted by Crippen LogP contribution is 2.23. The van der Waals surface area contributed by atoms with Crippen molar-refractivity contribution in [3.63, 3.8) is 0 Å². The minimum absolute atomic E-state index is 0.359. The van der Waals surface area contributed by atoms with Crippen LogP contribution < -0.4 is 11.1 Å². The van der Waals surface area contributed by atoms with Gasteiger partial charge in [-0.1, -0.05) is 12.1 Å². The van der Waals surface area contributed by atoms with Crippen molar-refractivity contribution in [1.29, 1.82) is 5.26 Å². The molecule has 4 heteroatoms. The second-order valence-corrected chi connectivity index (χ2v) is 4.33. The van der Waals surface area contributed by atoms with Crippen molar-refractivity contribution >= 4 is 5.69 Å². The summed E-state index contributed by atoms with van der Waals surface area (Å²) in [5, 5.41) is 12.1. The molecule has 1 aromatic rings. The summed E-state index contributed by atoms with van der Waals surface area (Å²) >= 11 is 0. The van der Waals surface area contributed by atoms with Crippen molar-refractivity contribution in [2.24, 2.45) is 0 Å². The van der Waals surface area contributed by atoms with E-state index in [-0.39, 0.29) is 0 Å². The van der Waals surface area contributed by atoms with Gasteiger partial charge in [0.15, 0.2) is 0 Å². The van der Waals surface area contributed by atoms with Gasteiger partial charge in [0, 0.05) is 44.3 Å². The van der Waals surface area contributed by atoms with Gasteiger partial charge in [-0.25, -0.2) is 0 Å². The molecule has 2 rings (SSSR count). The lowest BCUT2D eigenvalue weighted by Crippen LogP contribution is -2.46. The molecule has 0 bridgehead atoms. The van der Waals surface area contributed by atoms with E-state index < -0.39 is 0 Å². The highest BCUT2D eigenvalue weighted by atomic mass is 15.2. The van der Waals surface area contributed by atoms with Gasteiger partial charge in [-0.15, -0.1) is 0 Å². The fourth-order valence-electron chi connectivity index (χ4n) is 2.25. The molecule has 0 saturated carbocycles. The predicted molar refractivity (Wildman–Crippen MR) is 68.3 cm³/mol. The number of hydrogen-bond acceptors (Lipinski definition) is 4. The number of benzene rings is 1. The third-order valence-electron chi connectivity index (χ3n) is 3.19. The first kappa shape index (κ1) is 11.9. The average Bonchev–Trinajstić information content (AvgIpc) is 2.38. The van der Waals surface area contributed by atoms with E-state index in [0.717, 1.165) is 31.9 Å². The molecular weight excluding hydrogens is 212 g/mol. The highest BCUT2D eigenvalue weighted by molar-refractivity contribution is 5.40. The van der Waals surface area contributed by atoms with Crippen molar-refractivity contribution in [2.75, 3.05) is 31.9 Å². The van der Waals surface area contributed by atoms with Crippen LogP contribution in [-0.2, 0) is 0 Å². The van der Waals surface area contributed by atoms with E-state index in [1.807, 2.05) is 12.1 Å². The number of nitrogen functional groups attached to an aromatic ring is 1. The summed E-state index contributed by atoms with van der Waals surface area (Å²) in [6.45, 7) is 3.77. The second-order valence-electron chi connectivity index (χ2n) is 4.33. The largest absolute Gasteiger partial charge is 0.399 e. The molecule has 0 spiro atoms. The fourth-order valence-corrected chi connectivity index (χ4v) is 2.25. The van der Waals surface area contributed by atoms with Crippen LogP contribution in [-0.4, -0.2) is 31.1 Å². The topological polar surface area (TPSA) is 65.1 Å². The molecule has 0 amide bonds. The summed E-state index contributed by atoms with van der Waals surface area (Å²) in [6, 6.07) is 10.6. The molecule has 0 aromatic heterocycles. The summed E-state index contributed by atoms with van der Waals surface area (Å²) < 4.78 is 0. The first-order chi connectivity index (χ1) is 8.31. The quantitative estimate of drug-likeness (QED) is 0.764. The van der Waals surface area contributed by atoms with Crippen LogP contribution in [0.3, 0.4) is 0 Å². The molecule has 4 nitrogen and oxygen atoms in total. The Morgan fingerprint density at radius 2 is 2.18 bits per heavy atom. The number of hydrogen-bond donors (Lipinski definition) is 2. The molecular formula is C13H18N4. The Balaban J connectivity index is 2.10. The van der Waals surface area contributed by atoms with Gasteiger partial charge in [0.2, 0.25) is 0 Å². The van der Waals surface area contributed by atoms with Crippen LogP contribution >= 0.6 is 0 Å². The van der Waals surface area contributed by atoms with E-state index in [2.05, 4.69) is 28.4 Å². The van der Waals surface area contributed by atoms with E-state index in [1.165, 1.54) is 5.56 Å². The van der Waals surface area contributed by atoms with Gasteiger partial charge in [0.05, 0.1) is 6.07 Å². The van der Waals surface area contributed by atoms with E-state index in [9.17, 15) is 0 Å². The molecule has 1 heterocycles. The molecule has 3 N–H and O–H groups in total. The van der Waals surface area contributed by atoms with Gasteiger partial charge in [0.1, 0.15) is 0 Å². The highest BCUT2D eigenvalue weighted by Gasteiger charge is 2.22. The van der Waals surface area contributed by atoms with E-state index in [0.29, 0.717) is 12.5 Å². The van der Waals surface area contributed by atoms with Crippen LogP contribution in [0.5, 0.6) is 0 Å². The number of piperazine rings is 1. The molecule has 1 aliphatic rings. The van der Waals surface area contributed by atoms with Crippen molar-refractivity contribution in [3.8, 4) is 6.07 Å². The van der Waals surface area contributed by atoms with Gasteiger partial charge < -0.3 is 11.1 Å². The van der Waals surface area contributed by atoms with Gasteiger partial charge in [0.25, 0.3) is 0 Å². The van der Waals surface area contributed by atoms with Crippen molar-refractivity contribution < 1.29 is 0 Å². The molecule has 0 aliphatic carbocycles. The minimum atomic E-state index is 0.359. The maximum absolute atomic E-state index is 8.68. The fraction of sp³-hybridized carbons (Fsp3) is 0.462. The summed E-state index contributed by atoms with van der Waals surface area (Å²) in [7, 11) is 0. The van der Waals surface area contributed by atoms with Crippen molar-refractivity contribution in [3.05, 3.63) is 29.8 Å². The lowest BCUT2D eigenvalue weighted by molar-refractivity contribution is 0.166. The Morgan fingerprint density at radius 1 is 1.41 bits per heavy atom. The second kappa shape index (κ2) is 5.67. The minimum Gasteiger partial charge on any atom is -0.399 e. The van der Waals surface area contributed by atoms with E-state index in [4.69, 9.17) is 11.0 Å². The number of nitrogens with one attached hydrogen (secondary N) is 1. The van der Waals surface area contributed by atoms with Crippen molar-refractivity contribution in [1.82, 2.24) is 10.2 Å². The Morgan fingerprint density at radius 3 is 2.88 bits per heavy atom. The van der Waals surface area contributed by atoms with Gasteiger partial charge in [-0.2, -0.15) is 5.26 Å².